The molecule has 1 saturated heterocycles. The van der Waals surface area contributed by atoms with Crippen LogP contribution in [0.5, 0.6) is 0 Å². The molecule has 0 bridgehead atoms. The fourth-order valence-electron chi connectivity index (χ4n) is 11.2. The first-order valence-electron chi connectivity index (χ1n) is 37.4. The van der Waals surface area contributed by atoms with Crippen LogP contribution in [0.25, 0.3) is 12.2 Å². The third-order valence-electron chi connectivity index (χ3n) is 17.5. The predicted octanol–water partition coefficient (Wildman–Crippen LogP) is 8.95. The van der Waals surface area contributed by atoms with E-state index in [1.165, 1.54) is 39.0 Å². The summed E-state index contributed by atoms with van der Waals surface area (Å²) in [7, 11) is 0. The molecule has 5 aromatic rings. The number of aliphatic hydroxyl groups excluding tert-OH is 8. The van der Waals surface area contributed by atoms with Crippen LogP contribution in [-0.2, 0) is 33.5 Å². The quantitative estimate of drug-likeness (QED) is 0.00552. The monoisotopic (exact) mass is 1910 g/mol. The van der Waals surface area contributed by atoms with Crippen molar-refractivity contribution in [2.24, 2.45) is 29.2 Å². The molecule has 0 radical (unpaired) electrons. The van der Waals surface area contributed by atoms with Crippen LogP contribution in [0.4, 0.5) is 39.5 Å². The fourth-order valence-corrected chi connectivity index (χ4v) is 12.5. The summed E-state index contributed by atoms with van der Waals surface area (Å²) in [5.74, 6) is -5.38. The van der Waals surface area contributed by atoms with Gasteiger partial charge in [-0.05, 0) is 185 Å². The summed E-state index contributed by atoms with van der Waals surface area (Å²) in [6.45, 7) is 7.03. The number of halogens is 12. The largest absolute Gasteiger partial charge is 1.00 e. The molecule has 1 aliphatic heterocycles. The number of carbonyl (C=O) groups is 4. The summed E-state index contributed by atoms with van der Waals surface area (Å²) < 4.78 is 117. The average molecular weight is 1910 g/mol. The van der Waals surface area contributed by atoms with Gasteiger partial charge in [-0.3, -0.25) is 14.4 Å². The zero-order valence-corrected chi connectivity index (χ0v) is 76.9. The van der Waals surface area contributed by atoms with Crippen LogP contribution < -0.4 is 130 Å². The molecule has 0 spiro atoms. The Kier molecular flexibility index (Phi) is 65.9. The molecule has 117 heavy (non-hydrogen) atoms. The molecular weight excluding hydrogens is 1800 g/mol. The summed E-state index contributed by atoms with van der Waals surface area (Å²) in [6.07, 6.45) is 7.70. The van der Waals surface area contributed by atoms with E-state index < -0.39 is 66.8 Å². The van der Waals surface area contributed by atoms with E-state index in [1.807, 2.05) is 97.1 Å². The number of nitriles is 1. The second kappa shape index (κ2) is 66.8. The SMILES string of the molecule is C1CCOC1.C=CC1CCCCC1O.CCOC(=O)C(F)(F)F.N#CCC(O)c1cccc(Br)c1.NCCC(O)c1cccc(/C=C/C2CCCCC2O)c1.NCCC(O)c1cccc(Br)c1.O=C(NCCC(O)c1cccc(/C=C/C2CCCCC2O)c1)C(F)(F)F.O=C(NCCC(O)c1cccc(Br)c1)C(F)(F)F.O=CO[O-].[H-].[K+].[K+]. The Bertz CT molecular complexity index is 3650. The molecule has 11 atom stereocenters. The molecule has 4 aliphatic rings. The van der Waals surface area contributed by atoms with Gasteiger partial charge in [0, 0.05) is 57.5 Å². The number of rotatable bonds is 23. The van der Waals surface area contributed by atoms with Crippen molar-refractivity contribution in [2.75, 3.05) is 46.0 Å². The Labute approximate surface area is 790 Å². The number of nitrogens with two attached hydrogens (primary N) is 2. The topological polar surface area (TPSA) is 381 Å². The van der Waals surface area contributed by atoms with Crippen LogP contribution in [0.3, 0.4) is 0 Å². The minimum atomic E-state index is -4.92. The summed E-state index contributed by atoms with van der Waals surface area (Å²) in [4.78, 5) is 42.2. The van der Waals surface area contributed by atoms with Crippen LogP contribution in [0, 0.1) is 29.1 Å². The van der Waals surface area contributed by atoms with Crippen molar-refractivity contribution in [1.82, 2.24) is 10.6 Å². The molecule has 0 aromatic heterocycles. The number of nitrogens with zero attached hydrogens (tertiary/aromatic N) is 1. The number of benzene rings is 5. The standard InChI is InChI=1S/C19H24F3NO3.C17H25NO2.C11H11BrF3NO2.C9H12BrNO.C9H8BrNO.C8H14O.C4H5F3O2.C4H8O.CH2O3.2K.H/c20-19(21,22)18(26)23-11-10-17(25)15-6-3-4-13(12-15)8-9-14-5-1-2-7-16(14)24;18-11-10-17(20)15-6-3-4-13(12-15)8-9-14-5-1-2-7-16(14)19;12-8-3-1-2-7(6-8)9(17)4-5-16-10(18)11(13,14)15;2*10-8-3-1-2-7(6-8)9(12)4-5-11;1-2-7-5-3-4-6-8(7)9;1-2-9-3(8)4(5,6)7;1-2-4-5-3-1;2-1-4-3;;;/h3-4,6,8-9,12,14,16-17,24-25H,1-2,5,7,10-11H2,(H,23,26);3-4,6,8-9,12,14,16-17,19-20H,1-2,5,7,10-11,18H2;1-3,6,9,17H,4-5H2,(H,16,18);1-3,6,9,12H,4-5,11H2;1-3,6,9,12H,4H2;2,7-9H,1,3-6H2;2H2,1H3;1-4H2;1,3H;;;/q;;;;;;;;;2*+1;-1/p-1/b2*9-8+;;;;;;;;;;. The Hall–Kier alpha value is -3.71. The van der Waals surface area contributed by atoms with E-state index in [0.29, 0.717) is 43.0 Å². The molecule has 644 valence electrons. The van der Waals surface area contributed by atoms with Crippen molar-refractivity contribution < 1.29 is 223 Å². The van der Waals surface area contributed by atoms with Crippen molar-refractivity contribution in [3.63, 3.8) is 0 Å². The minimum Gasteiger partial charge on any atom is -1.00 e. The minimum absolute atomic E-state index is 0. The van der Waals surface area contributed by atoms with Gasteiger partial charge in [0.1, 0.15) is 0 Å². The molecule has 4 fully saturated rings. The molecule has 11 unspecified atom stereocenters. The van der Waals surface area contributed by atoms with Gasteiger partial charge in [-0.1, -0.05) is 189 Å². The Morgan fingerprint density at radius 2 is 0.863 bits per heavy atom. The molecule has 21 nitrogen and oxygen atoms in total. The average Bonchev–Trinajstić information content (AvgIpc) is 0.994. The first kappa shape index (κ1) is 115. The predicted molar refractivity (Wildman–Crippen MR) is 428 cm³/mol. The molecular formula is C82H109Br3F9K2N5O16. The van der Waals surface area contributed by atoms with Crippen LogP contribution in [0.15, 0.2) is 160 Å². The maximum atomic E-state index is 12.1. The van der Waals surface area contributed by atoms with Gasteiger partial charge in [0.25, 0.3) is 6.47 Å². The first-order chi connectivity index (χ1) is 54.5. The van der Waals surface area contributed by atoms with E-state index in [2.05, 4.69) is 76.1 Å². The molecule has 35 heteroatoms. The van der Waals surface area contributed by atoms with Crippen LogP contribution in [0.2, 0.25) is 0 Å². The van der Waals surface area contributed by atoms with Gasteiger partial charge in [-0.2, -0.15) is 44.8 Å². The number of aliphatic hydroxyl groups is 8. The first-order valence-corrected chi connectivity index (χ1v) is 39.8. The maximum Gasteiger partial charge on any atom is 1.00 e. The molecule has 9 rings (SSSR count). The normalized spacial score (nSPS) is 18.7. The zero-order chi connectivity index (χ0) is 86.4. The molecule has 5 aromatic carbocycles. The number of nitrogens with one attached hydrogen (secondary N) is 2. The number of esters is 1. The van der Waals surface area contributed by atoms with E-state index >= 15 is 0 Å². The number of carbonyl (C=O) groups excluding carboxylic acids is 4. The van der Waals surface area contributed by atoms with Gasteiger partial charge < -0.3 is 84.0 Å². The Balaban J connectivity index is -0.00000131. The smallest absolute Gasteiger partial charge is 1.00 e. The fraction of sp³-hybridized carbons (Fsp3) is 0.500. The van der Waals surface area contributed by atoms with E-state index in [4.69, 9.17) is 31.5 Å². The summed E-state index contributed by atoms with van der Waals surface area (Å²) >= 11 is 9.85. The van der Waals surface area contributed by atoms with Crippen molar-refractivity contribution in [3.8, 4) is 6.07 Å². The third-order valence-corrected chi connectivity index (χ3v) is 19.0. The van der Waals surface area contributed by atoms with Gasteiger partial charge in [0.15, 0.2) is 0 Å². The summed E-state index contributed by atoms with van der Waals surface area (Å²) in [5.41, 5.74) is 16.4. The van der Waals surface area contributed by atoms with Gasteiger partial charge in [-0.25, -0.2) is 4.79 Å². The van der Waals surface area contributed by atoms with Crippen molar-refractivity contribution in [1.29, 1.82) is 5.26 Å². The molecule has 1 heterocycles. The number of hydrogen-bond donors (Lipinski definition) is 12. The van der Waals surface area contributed by atoms with Gasteiger partial charge in [0.05, 0.1) is 67.9 Å². The van der Waals surface area contributed by atoms with Crippen molar-refractivity contribution >= 4 is 84.2 Å². The van der Waals surface area contributed by atoms with Crippen LogP contribution in [0.1, 0.15) is 200 Å². The van der Waals surface area contributed by atoms with E-state index in [1.54, 1.807) is 59.2 Å². The van der Waals surface area contributed by atoms with E-state index in [0.717, 1.165) is 112 Å². The third kappa shape index (κ3) is 53.8. The Morgan fingerprint density at radius 3 is 1.12 bits per heavy atom. The van der Waals surface area contributed by atoms with Crippen LogP contribution >= 0.6 is 47.8 Å². The van der Waals surface area contributed by atoms with Crippen molar-refractivity contribution in [2.45, 2.75) is 196 Å². The number of ether oxygens (including phenoxy) is 2. The van der Waals surface area contributed by atoms with Gasteiger partial charge in [-0.15, -0.1) is 6.58 Å². The molecule has 3 aliphatic carbocycles. The molecule has 3 saturated carbocycles. The number of amides is 2. The second-order valence-electron chi connectivity index (χ2n) is 26.4. The van der Waals surface area contributed by atoms with Gasteiger partial charge in [0.2, 0.25) is 0 Å². The maximum absolute atomic E-state index is 12.1. The van der Waals surface area contributed by atoms with E-state index in [-0.39, 0.29) is 180 Å². The second-order valence-corrected chi connectivity index (χ2v) is 29.2. The van der Waals surface area contributed by atoms with Gasteiger partial charge >= 0.3 is 139 Å². The summed E-state index contributed by atoms with van der Waals surface area (Å²) in [6, 6.07) is 38.6. The van der Waals surface area contributed by atoms with Crippen LogP contribution in [-0.4, -0.2) is 148 Å². The molecule has 2 amide bonds. The van der Waals surface area contributed by atoms with E-state index in [9.17, 15) is 94.7 Å². The molecule has 14 N–H and O–H groups in total. The Morgan fingerprint density at radius 1 is 0.547 bits per heavy atom. The number of hydrogen-bond acceptors (Lipinski definition) is 19. The van der Waals surface area contributed by atoms with Crippen molar-refractivity contribution in [3.05, 3.63) is 198 Å². The zero-order valence-electron chi connectivity index (χ0n) is 66.9. The number of alkyl halides is 9. The summed E-state index contributed by atoms with van der Waals surface area (Å²) in [5, 5.41) is 98.2.